The second-order valence-electron chi connectivity index (χ2n) is 5.24. The van der Waals surface area contributed by atoms with Gasteiger partial charge < -0.3 is 20.5 Å². The zero-order chi connectivity index (χ0) is 14.5. The van der Waals surface area contributed by atoms with Crippen molar-refractivity contribution in [3.8, 4) is 0 Å². The van der Waals surface area contributed by atoms with Gasteiger partial charge in [-0.25, -0.2) is 0 Å². The molecule has 114 valence electrons. The lowest BCUT2D eigenvalue weighted by Crippen LogP contribution is -2.38. The molecule has 0 rings (SSSR count). The number of rotatable bonds is 11. The van der Waals surface area contributed by atoms with Gasteiger partial charge in [0.2, 0.25) is 0 Å². The highest BCUT2D eigenvalue weighted by atomic mass is 16.5. The lowest BCUT2D eigenvalue weighted by molar-refractivity contribution is 0.0748. The maximum Gasteiger partial charge on any atom is 0.188 e. The van der Waals surface area contributed by atoms with Crippen LogP contribution in [0, 0.1) is 5.92 Å². The Bertz CT molecular complexity index is 233. The highest BCUT2D eigenvalue weighted by Crippen LogP contribution is 2.07. The van der Waals surface area contributed by atoms with Crippen molar-refractivity contribution < 1.29 is 9.47 Å². The van der Waals surface area contributed by atoms with E-state index < -0.39 is 0 Å². The molecule has 5 heteroatoms. The van der Waals surface area contributed by atoms with Crippen molar-refractivity contribution in [3.05, 3.63) is 0 Å². The largest absolute Gasteiger partial charge is 0.382 e. The summed E-state index contributed by atoms with van der Waals surface area (Å²) in [5.41, 5.74) is 5.81. The van der Waals surface area contributed by atoms with E-state index in [-0.39, 0.29) is 0 Å². The second-order valence-corrected chi connectivity index (χ2v) is 5.24. The number of aliphatic imine (C=N–C) groups is 1. The average Bonchev–Trinajstić information content (AvgIpc) is 2.33. The predicted octanol–water partition coefficient (Wildman–Crippen LogP) is 1.77. The van der Waals surface area contributed by atoms with E-state index in [2.05, 4.69) is 31.1 Å². The molecule has 0 heterocycles. The summed E-state index contributed by atoms with van der Waals surface area (Å²) in [5.74, 6) is 1.27. The molecule has 0 spiro atoms. The first-order valence-corrected chi connectivity index (χ1v) is 7.19. The highest BCUT2D eigenvalue weighted by molar-refractivity contribution is 5.78. The Kier molecular flexibility index (Phi) is 11.7. The number of nitrogens with one attached hydrogen (secondary N) is 1. The third-order valence-electron chi connectivity index (χ3n) is 2.76. The maximum atomic E-state index is 5.81. The summed E-state index contributed by atoms with van der Waals surface area (Å²) in [7, 11) is 1.66. The molecule has 0 radical (unpaired) electrons. The van der Waals surface area contributed by atoms with Crippen molar-refractivity contribution in [3.63, 3.8) is 0 Å². The van der Waals surface area contributed by atoms with Gasteiger partial charge in [-0.1, -0.05) is 26.7 Å². The number of nitrogens with zero attached hydrogens (tertiary/aromatic N) is 1. The number of hydrogen-bond donors (Lipinski definition) is 2. The molecular formula is C14H31N3O2. The number of ether oxygens (including phenoxy) is 2. The Hall–Kier alpha value is -0.810. The third kappa shape index (κ3) is 13.4. The number of hydrogen-bond acceptors (Lipinski definition) is 3. The van der Waals surface area contributed by atoms with Crippen LogP contribution in [0.1, 0.15) is 40.0 Å². The van der Waals surface area contributed by atoms with E-state index in [0.29, 0.717) is 38.4 Å². The van der Waals surface area contributed by atoms with Crippen LogP contribution in [0.4, 0.5) is 0 Å². The van der Waals surface area contributed by atoms with Crippen LogP contribution < -0.4 is 11.1 Å². The minimum absolute atomic E-state index is 0.372. The van der Waals surface area contributed by atoms with Gasteiger partial charge in [-0.2, -0.15) is 0 Å². The highest BCUT2D eigenvalue weighted by Gasteiger charge is 2.03. The van der Waals surface area contributed by atoms with E-state index in [0.717, 1.165) is 12.3 Å². The number of guanidine groups is 1. The topological polar surface area (TPSA) is 68.9 Å². The minimum Gasteiger partial charge on any atom is -0.382 e. The molecule has 0 bridgehead atoms. The van der Waals surface area contributed by atoms with Crippen LogP contribution in [-0.4, -0.2) is 45.5 Å². The van der Waals surface area contributed by atoms with Crippen LogP contribution in [0.25, 0.3) is 0 Å². The molecule has 0 amide bonds. The van der Waals surface area contributed by atoms with Gasteiger partial charge in [-0.05, 0) is 19.3 Å². The lowest BCUT2D eigenvalue weighted by atomic mass is 10.0. The molecule has 5 nitrogen and oxygen atoms in total. The van der Waals surface area contributed by atoms with Crippen molar-refractivity contribution in [2.24, 2.45) is 16.6 Å². The summed E-state index contributed by atoms with van der Waals surface area (Å²) >= 11 is 0. The van der Waals surface area contributed by atoms with Crippen LogP contribution in [0.3, 0.4) is 0 Å². The van der Waals surface area contributed by atoms with Crippen molar-refractivity contribution in [1.82, 2.24) is 5.32 Å². The Labute approximate surface area is 117 Å². The van der Waals surface area contributed by atoms with Crippen molar-refractivity contribution in [2.45, 2.75) is 46.1 Å². The summed E-state index contributed by atoms with van der Waals surface area (Å²) in [6.45, 7) is 9.01. The van der Waals surface area contributed by atoms with Crippen LogP contribution in [-0.2, 0) is 9.47 Å². The third-order valence-corrected chi connectivity index (χ3v) is 2.76. The van der Waals surface area contributed by atoms with Crippen LogP contribution in [0.5, 0.6) is 0 Å². The SMILES string of the molecule is COCCOCCN=C(N)NC(C)CCCC(C)C. The van der Waals surface area contributed by atoms with E-state index in [9.17, 15) is 0 Å². The summed E-state index contributed by atoms with van der Waals surface area (Å²) in [5, 5.41) is 3.20. The van der Waals surface area contributed by atoms with Gasteiger partial charge in [-0.3, -0.25) is 4.99 Å². The fraction of sp³-hybridized carbons (Fsp3) is 0.929. The predicted molar refractivity (Wildman–Crippen MR) is 80.5 cm³/mol. The quantitative estimate of drug-likeness (QED) is 0.342. The zero-order valence-electron chi connectivity index (χ0n) is 12.9. The molecule has 0 aliphatic rings. The molecule has 19 heavy (non-hydrogen) atoms. The maximum absolute atomic E-state index is 5.81. The minimum atomic E-state index is 0.372. The molecule has 0 aromatic carbocycles. The molecule has 0 aliphatic heterocycles. The first-order valence-electron chi connectivity index (χ1n) is 7.19. The van der Waals surface area contributed by atoms with Gasteiger partial charge in [0, 0.05) is 13.2 Å². The van der Waals surface area contributed by atoms with Gasteiger partial charge in [0.05, 0.1) is 26.4 Å². The molecule has 0 aromatic heterocycles. The molecule has 1 unspecified atom stereocenters. The van der Waals surface area contributed by atoms with Gasteiger partial charge >= 0.3 is 0 Å². The Balaban J connectivity index is 3.56. The first-order chi connectivity index (χ1) is 9.06. The van der Waals surface area contributed by atoms with Gasteiger partial charge in [0.1, 0.15) is 0 Å². The van der Waals surface area contributed by atoms with E-state index in [1.807, 2.05) is 0 Å². The standard InChI is InChI=1S/C14H31N3O2/c1-12(2)6-5-7-13(3)17-14(15)16-8-9-19-11-10-18-4/h12-13H,5-11H2,1-4H3,(H3,15,16,17). The number of methoxy groups -OCH3 is 1. The molecule has 0 aromatic rings. The summed E-state index contributed by atoms with van der Waals surface area (Å²) in [4.78, 5) is 4.22. The van der Waals surface area contributed by atoms with Crippen LogP contribution in [0.2, 0.25) is 0 Å². The molecular weight excluding hydrogens is 242 g/mol. The van der Waals surface area contributed by atoms with Crippen LogP contribution >= 0.6 is 0 Å². The van der Waals surface area contributed by atoms with E-state index >= 15 is 0 Å². The van der Waals surface area contributed by atoms with Crippen LogP contribution in [0.15, 0.2) is 4.99 Å². The second kappa shape index (κ2) is 12.2. The zero-order valence-corrected chi connectivity index (χ0v) is 12.9. The van der Waals surface area contributed by atoms with Crippen molar-refractivity contribution in [1.29, 1.82) is 0 Å². The molecule has 1 atom stereocenters. The van der Waals surface area contributed by atoms with Gasteiger partial charge in [-0.15, -0.1) is 0 Å². The van der Waals surface area contributed by atoms with E-state index in [1.165, 1.54) is 12.8 Å². The van der Waals surface area contributed by atoms with Gasteiger partial charge in [0.25, 0.3) is 0 Å². The number of nitrogens with two attached hydrogens (primary N) is 1. The van der Waals surface area contributed by atoms with Crippen molar-refractivity contribution in [2.75, 3.05) is 33.5 Å². The van der Waals surface area contributed by atoms with Gasteiger partial charge in [0.15, 0.2) is 5.96 Å². The van der Waals surface area contributed by atoms with Crippen molar-refractivity contribution >= 4 is 5.96 Å². The summed E-state index contributed by atoms with van der Waals surface area (Å²) in [6.07, 6.45) is 3.61. The monoisotopic (exact) mass is 273 g/mol. The lowest BCUT2D eigenvalue weighted by Gasteiger charge is -2.15. The Morgan fingerprint density at radius 2 is 1.89 bits per heavy atom. The fourth-order valence-electron chi connectivity index (χ4n) is 1.68. The molecule has 3 N–H and O–H groups in total. The molecule has 0 saturated heterocycles. The Morgan fingerprint density at radius 1 is 1.16 bits per heavy atom. The first kappa shape index (κ1) is 18.2. The molecule has 0 saturated carbocycles. The van der Waals surface area contributed by atoms with E-state index in [4.69, 9.17) is 15.2 Å². The van der Waals surface area contributed by atoms with E-state index in [1.54, 1.807) is 7.11 Å². The summed E-state index contributed by atoms with van der Waals surface area (Å²) in [6, 6.07) is 0.372. The molecule has 0 fully saturated rings. The molecule has 0 aliphatic carbocycles. The normalized spacial score (nSPS) is 13.8. The smallest absolute Gasteiger partial charge is 0.188 e. The Morgan fingerprint density at radius 3 is 2.53 bits per heavy atom. The average molecular weight is 273 g/mol. The fourth-order valence-corrected chi connectivity index (χ4v) is 1.68. The summed E-state index contributed by atoms with van der Waals surface area (Å²) < 4.78 is 10.2.